The van der Waals surface area contributed by atoms with Gasteiger partial charge in [-0.1, -0.05) is 72.8 Å². The molecular weight excluding hydrogens is 664 g/mol. The number of carbonyl (C=O) groups excluding carboxylic acids is 2. The summed E-state index contributed by atoms with van der Waals surface area (Å²) in [6, 6.07) is 25.9. The van der Waals surface area contributed by atoms with Crippen molar-refractivity contribution in [2.45, 2.75) is 50.6 Å². The maximum Gasteiger partial charge on any atom is 0.461 e. The van der Waals surface area contributed by atoms with E-state index in [1.165, 1.54) is 30.4 Å². The number of halogens is 5. The van der Waals surface area contributed by atoms with Gasteiger partial charge < -0.3 is 19.5 Å². The summed E-state index contributed by atoms with van der Waals surface area (Å²) in [5, 5.41) is 3.02. The van der Waals surface area contributed by atoms with Crippen LogP contribution in [0.3, 0.4) is 0 Å². The number of dihydropyridines is 1. The third-order valence-electron chi connectivity index (χ3n) is 9.09. The standard InChI is InChI=1S/C37H38F4N2O5.ClH/c1-24-30(33(44)46-3)32(26-11-10-16-29(23-26)48-37(40,41)35(38)39)31(25(2)42-24)34(45)47-22-21-43-19-17-36(18-20-43,27-12-6-4-7-13-27)28-14-8-5-9-15-28;/h4-16,23,32,35,42H,17-22H2,1-3H3;1H. The van der Waals surface area contributed by atoms with Gasteiger partial charge in [0.05, 0.1) is 24.2 Å². The predicted octanol–water partition coefficient (Wildman–Crippen LogP) is 7.38. The third-order valence-corrected chi connectivity index (χ3v) is 9.09. The van der Waals surface area contributed by atoms with Crippen LogP contribution in [0.15, 0.2) is 107 Å². The van der Waals surface area contributed by atoms with Gasteiger partial charge in [0.25, 0.3) is 0 Å². The topological polar surface area (TPSA) is 77.1 Å². The van der Waals surface area contributed by atoms with Crippen molar-refractivity contribution >= 4 is 24.3 Å². The van der Waals surface area contributed by atoms with Crippen molar-refractivity contribution in [3.05, 3.63) is 124 Å². The van der Waals surface area contributed by atoms with E-state index >= 15 is 0 Å². The molecule has 0 radical (unpaired) electrons. The maximum atomic E-state index is 13.7. The molecule has 2 heterocycles. The number of nitrogens with zero attached hydrogens (tertiary/aromatic N) is 1. The van der Waals surface area contributed by atoms with Crippen LogP contribution in [0, 0.1) is 0 Å². The Morgan fingerprint density at radius 2 is 1.43 bits per heavy atom. The Balaban J connectivity index is 0.00000541. The maximum absolute atomic E-state index is 13.7. The first-order chi connectivity index (χ1) is 23.0. The summed E-state index contributed by atoms with van der Waals surface area (Å²) in [5.41, 5.74) is 3.43. The summed E-state index contributed by atoms with van der Waals surface area (Å²) in [4.78, 5) is 28.9. The second kappa shape index (κ2) is 15.9. The van der Waals surface area contributed by atoms with E-state index in [1.807, 2.05) is 12.1 Å². The van der Waals surface area contributed by atoms with Gasteiger partial charge in [-0.25, -0.2) is 9.59 Å². The number of nitrogens with one attached hydrogen (secondary N) is 1. The van der Waals surface area contributed by atoms with Crippen molar-refractivity contribution < 1.29 is 41.4 Å². The first-order valence-corrected chi connectivity index (χ1v) is 15.7. The largest absolute Gasteiger partial charge is 0.466 e. The molecule has 0 saturated carbocycles. The van der Waals surface area contributed by atoms with E-state index in [2.05, 4.69) is 63.5 Å². The fourth-order valence-corrected chi connectivity index (χ4v) is 6.70. The number of ether oxygens (including phenoxy) is 3. The van der Waals surface area contributed by atoms with Gasteiger partial charge in [-0.2, -0.15) is 17.6 Å². The lowest BCUT2D eigenvalue weighted by atomic mass is 9.68. The first-order valence-electron chi connectivity index (χ1n) is 15.7. The Kier molecular flexibility index (Phi) is 12.2. The highest BCUT2D eigenvalue weighted by Crippen LogP contribution is 2.43. The SMILES string of the molecule is COC(=O)C1=C(C)NC(C)=C(C(=O)OCCN2CCC(c3ccccc3)(c3ccccc3)CC2)C1c1cccc(OC(F)(F)C(F)F)c1.Cl. The smallest absolute Gasteiger partial charge is 0.461 e. The van der Waals surface area contributed by atoms with Crippen LogP contribution in [-0.2, 0) is 24.5 Å². The average Bonchev–Trinajstić information content (AvgIpc) is 3.08. The minimum atomic E-state index is -4.74. The highest BCUT2D eigenvalue weighted by atomic mass is 35.5. The summed E-state index contributed by atoms with van der Waals surface area (Å²) in [6.45, 7) is 5.32. The third kappa shape index (κ3) is 8.11. The summed E-state index contributed by atoms with van der Waals surface area (Å²) >= 11 is 0. The van der Waals surface area contributed by atoms with Crippen molar-refractivity contribution in [2.75, 3.05) is 33.4 Å². The monoisotopic (exact) mass is 702 g/mol. The van der Waals surface area contributed by atoms with Gasteiger partial charge in [0.1, 0.15) is 12.4 Å². The molecule has 12 heteroatoms. The van der Waals surface area contributed by atoms with Gasteiger partial charge in [0.2, 0.25) is 0 Å². The van der Waals surface area contributed by atoms with Crippen LogP contribution < -0.4 is 10.1 Å². The van der Waals surface area contributed by atoms with Crippen LogP contribution in [0.5, 0.6) is 5.75 Å². The average molecular weight is 703 g/mol. The summed E-state index contributed by atoms with van der Waals surface area (Å²) < 4.78 is 68.3. The number of esters is 2. The molecule has 7 nitrogen and oxygen atoms in total. The van der Waals surface area contributed by atoms with E-state index in [-0.39, 0.29) is 41.1 Å². The fourth-order valence-electron chi connectivity index (χ4n) is 6.70. The second-order valence-electron chi connectivity index (χ2n) is 12.0. The Hall–Kier alpha value is -4.35. The lowest BCUT2D eigenvalue weighted by Gasteiger charge is -2.43. The normalized spacial score (nSPS) is 18.0. The predicted molar refractivity (Wildman–Crippen MR) is 179 cm³/mol. The van der Waals surface area contributed by atoms with Gasteiger partial charge in [0, 0.05) is 23.4 Å². The Morgan fingerprint density at radius 1 is 0.878 bits per heavy atom. The first kappa shape index (κ1) is 37.5. The number of rotatable bonds is 11. The van der Waals surface area contributed by atoms with Crippen LogP contribution >= 0.6 is 12.4 Å². The molecule has 2 aliphatic heterocycles. The highest BCUT2D eigenvalue weighted by Gasteiger charge is 2.44. The Bertz CT molecular complexity index is 1630. The fraction of sp³-hybridized carbons (Fsp3) is 0.351. The lowest BCUT2D eigenvalue weighted by Crippen LogP contribution is -2.44. The molecule has 5 rings (SSSR count). The molecular formula is C37H39ClF4N2O5. The highest BCUT2D eigenvalue weighted by molar-refractivity contribution is 5.99. The number of hydrogen-bond acceptors (Lipinski definition) is 7. The van der Waals surface area contributed by atoms with Crippen LogP contribution in [0.25, 0.3) is 0 Å². The van der Waals surface area contributed by atoms with Crippen LogP contribution in [0.4, 0.5) is 17.6 Å². The zero-order chi connectivity index (χ0) is 34.5. The van der Waals surface area contributed by atoms with E-state index in [9.17, 15) is 27.2 Å². The molecule has 1 N–H and O–H groups in total. The second-order valence-corrected chi connectivity index (χ2v) is 12.0. The van der Waals surface area contributed by atoms with Crippen molar-refractivity contribution in [1.29, 1.82) is 0 Å². The summed E-state index contributed by atoms with van der Waals surface area (Å²) in [5.74, 6) is -3.15. The molecule has 49 heavy (non-hydrogen) atoms. The number of carbonyl (C=O) groups is 2. The molecule has 262 valence electrons. The van der Waals surface area contributed by atoms with Crippen LogP contribution in [-0.4, -0.2) is 62.7 Å². The zero-order valence-corrected chi connectivity index (χ0v) is 28.2. The van der Waals surface area contributed by atoms with Crippen molar-refractivity contribution in [3.8, 4) is 5.75 Å². The quantitative estimate of drug-likeness (QED) is 0.165. The Labute approximate surface area is 289 Å². The number of allylic oxidation sites excluding steroid dienone is 2. The van der Waals surface area contributed by atoms with Crippen molar-refractivity contribution in [2.24, 2.45) is 0 Å². The molecule has 0 amide bonds. The van der Waals surface area contributed by atoms with E-state index < -0.39 is 36.1 Å². The molecule has 0 spiro atoms. The van der Waals surface area contributed by atoms with E-state index in [0.29, 0.717) is 17.9 Å². The van der Waals surface area contributed by atoms with Crippen molar-refractivity contribution in [3.63, 3.8) is 0 Å². The van der Waals surface area contributed by atoms with Gasteiger partial charge >= 0.3 is 24.5 Å². The molecule has 2 aliphatic rings. The number of methoxy groups -OCH3 is 1. The molecule has 0 aliphatic carbocycles. The molecule has 3 aromatic rings. The molecule has 1 saturated heterocycles. The number of alkyl halides is 4. The van der Waals surface area contributed by atoms with E-state index in [4.69, 9.17) is 9.47 Å². The zero-order valence-electron chi connectivity index (χ0n) is 27.4. The van der Waals surface area contributed by atoms with Gasteiger partial charge in [0.15, 0.2) is 0 Å². The molecule has 1 fully saturated rings. The van der Waals surface area contributed by atoms with Crippen LogP contribution in [0.2, 0.25) is 0 Å². The van der Waals surface area contributed by atoms with Gasteiger partial charge in [-0.3, -0.25) is 4.90 Å². The van der Waals surface area contributed by atoms with E-state index in [0.717, 1.165) is 38.1 Å². The summed E-state index contributed by atoms with van der Waals surface area (Å²) in [7, 11) is 1.18. The number of piperidine rings is 1. The molecule has 0 aromatic heterocycles. The Morgan fingerprint density at radius 3 is 1.96 bits per heavy atom. The minimum Gasteiger partial charge on any atom is -0.466 e. The van der Waals surface area contributed by atoms with Crippen molar-refractivity contribution in [1.82, 2.24) is 10.2 Å². The lowest BCUT2D eigenvalue weighted by molar-refractivity contribution is -0.253. The number of benzene rings is 3. The molecule has 1 atom stereocenters. The summed E-state index contributed by atoms with van der Waals surface area (Å²) in [6.07, 6.45) is -7.05. The molecule has 1 unspecified atom stereocenters. The van der Waals surface area contributed by atoms with E-state index in [1.54, 1.807) is 13.8 Å². The van der Waals surface area contributed by atoms with Gasteiger partial charge in [-0.15, -0.1) is 12.4 Å². The number of hydrogen-bond donors (Lipinski definition) is 1. The molecule has 0 bridgehead atoms. The van der Waals surface area contributed by atoms with Crippen LogP contribution in [0.1, 0.15) is 49.3 Å². The van der Waals surface area contributed by atoms with Gasteiger partial charge in [-0.05, 0) is 68.6 Å². The molecule has 3 aromatic carbocycles. The minimum absolute atomic E-state index is 0. The number of likely N-dealkylation sites (tertiary alicyclic amines) is 1.